The fraction of sp³-hybridized carbons (Fsp3) is 0.462. The summed E-state index contributed by atoms with van der Waals surface area (Å²) in [4.78, 5) is 11.7. The molecule has 0 spiro atoms. The molecular weight excluding hydrogens is 284 g/mol. The number of rotatable bonds is 5. The van der Waals surface area contributed by atoms with E-state index in [9.17, 15) is 4.79 Å². The molecule has 0 bridgehead atoms. The predicted octanol–water partition coefficient (Wildman–Crippen LogP) is 3.42. The highest BCUT2D eigenvalue weighted by Crippen LogP contribution is 2.20. The minimum Gasteiger partial charge on any atom is -0.478 e. The average Bonchev–Trinajstić information content (AvgIpc) is 2.28. The maximum atomic E-state index is 11.7. The van der Waals surface area contributed by atoms with Gasteiger partial charge >= 0.3 is 5.97 Å². The van der Waals surface area contributed by atoms with Crippen molar-refractivity contribution in [2.75, 3.05) is 6.61 Å². The molecule has 0 aliphatic heterocycles. The molecule has 0 radical (unpaired) electrons. The van der Waals surface area contributed by atoms with Gasteiger partial charge in [-0.05, 0) is 31.2 Å². The second-order valence-electron chi connectivity index (χ2n) is 3.99. The molecule has 4 heteroatoms. The van der Waals surface area contributed by atoms with E-state index in [0.29, 0.717) is 12.4 Å². The Morgan fingerprint density at radius 2 is 1.88 bits per heavy atom. The van der Waals surface area contributed by atoms with Crippen molar-refractivity contribution >= 4 is 21.9 Å². The van der Waals surface area contributed by atoms with E-state index in [4.69, 9.17) is 9.47 Å². The van der Waals surface area contributed by atoms with E-state index in [2.05, 4.69) is 15.9 Å². The Hall–Kier alpha value is -1.03. The van der Waals surface area contributed by atoms with E-state index >= 15 is 0 Å². The first-order valence-electron chi connectivity index (χ1n) is 5.63. The lowest BCUT2D eigenvalue weighted by molar-refractivity contribution is -0.153. The maximum Gasteiger partial charge on any atom is 0.347 e. The molecule has 1 rings (SSSR count). The molecule has 1 aromatic carbocycles. The maximum absolute atomic E-state index is 11.7. The zero-order valence-corrected chi connectivity index (χ0v) is 11.9. The van der Waals surface area contributed by atoms with E-state index < -0.39 is 6.10 Å². The third-order valence-corrected chi connectivity index (χ3v) is 2.73. The number of esters is 1. The van der Waals surface area contributed by atoms with Gasteiger partial charge in [0.2, 0.25) is 0 Å². The largest absolute Gasteiger partial charge is 0.478 e. The van der Waals surface area contributed by atoms with Crippen LogP contribution >= 0.6 is 15.9 Å². The van der Waals surface area contributed by atoms with E-state index in [1.165, 1.54) is 0 Å². The van der Waals surface area contributed by atoms with E-state index in [0.717, 1.165) is 4.47 Å². The lowest BCUT2D eigenvalue weighted by Crippen LogP contribution is -2.34. The van der Waals surface area contributed by atoms with Gasteiger partial charge in [-0.2, -0.15) is 0 Å². The van der Waals surface area contributed by atoms with Gasteiger partial charge in [0.25, 0.3) is 0 Å². The minimum atomic E-state index is -0.559. The number of halogens is 1. The first-order chi connectivity index (χ1) is 8.04. The van der Waals surface area contributed by atoms with Gasteiger partial charge in [-0.1, -0.05) is 29.8 Å². The molecule has 94 valence electrons. The number of hydrogen-bond donors (Lipinski definition) is 0. The lowest BCUT2D eigenvalue weighted by Gasteiger charge is -2.20. The van der Waals surface area contributed by atoms with Crippen molar-refractivity contribution < 1.29 is 14.3 Å². The third-order valence-electron chi connectivity index (χ3n) is 2.20. The van der Waals surface area contributed by atoms with Gasteiger partial charge in [0.05, 0.1) is 6.61 Å². The molecule has 0 aliphatic carbocycles. The second kappa shape index (κ2) is 6.64. The van der Waals surface area contributed by atoms with Crippen molar-refractivity contribution in [1.29, 1.82) is 0 Å². The predicted molar refractivity (Wildman–Crippen MR) is 70.0 cm³/mol. The van der Waals surface area contributed by atoms with Gasteiger partial charge in [0.1, 0.15) is 5.75 Å². The molecule has 0 fully saturated rings. The number of ether oxygens (including phenoxy) is 2. The summed E-state index contributed by atoms with van der Waals surface area (Å²) in [6.45, 7) is 6.02. The summed E-state index contributed by atoms with van der Waals surface area (Å²) in [6.07, 6.45) is -0.559. The van der Waals surface area contributed by atoms with Gasteiger partial charge in [0, 0.05) is 10.4 Å². The molecular formula is C13H17BrO3. The molecule has 0 heterocycles. The third kappa shape index (κ3) is 4.38. The molecule has 0 amide bonds. The van der Waals surface area contributed by atoms with Crippen molar-refractivity contribution in [3.05, 3.63) is 28.7 Å². The molecule has 0 saturated heterocycles. The van der Waals surface area contributed by atoms with E-state index in [-0.39, 0.29) is 11.9 Å². The first-order valence-corrected chi connectivity index (χ1v) is 6.42. The number of carbonyl (C=O) groups excluding carboxylic acids is 1. The molecule has 1 atom stereocenters. The van der Waals surface area contributed by atoms with E-state index in [1.54, 1.807) is 6.92 Å². The second-order valence-corrected chi connectivity index (χ2v) is 4.90. The Morgan fingerprint density at radius 1 is 1.29 bits per heavy atom. The Labute approximate surface area is 110 Å². The van der Waals surface area contributed by atoms with Gasteiger partial charge in [-0.3, -0.25) is 0 Å². The van der Waals surface area contributed by atoms with E-state index in [1.807, 2.05) is 38.1 Å². The molecule has 3 nitrogen and oxygen atoms in total. The van der Waals surface area contributed by atoms with Crippen LogP contribution in [0.1, 0.15) is 20.8 Å². The van der Waals surface area contributed by atoms with Crippen molar-refractivity contribution in [2.45, 2.75) is 26.9 Å². The van der Waals surface area contributed by atoms with Gasteiger partial charge < -0.3 is 9.47 Å². The van der Waals surface area contributed by atoms with Crippen LogP contribution in [0.5, 0.6) is 5.75 Å². The van der Waals surface area contributed by atoms with Crippen LogP contribution in [0, 0.1) is 5.92 Å². The SMILES string of the molecule is CCOC(=O)C(Oc1ccc(Br)cc1)C(C)C. The monoisotopic (exact) mass is 300 g/mol. The average molecular weight is 301 g/mol. The smallest absolute Gasteiger partial charge is 0.347 e. The molecule has 1 unspecified atom stereocenters. The zero-order valence-electron chi connectivity index (χ0n) is 10.3. The molecule has 0 N–H and O–H groups in total. The minimum absolute atomic E-state index is 0.0673. The van der Waals surface area contributed by atoms with Crippen molar-refractivity contribution in [1.82, 2.24) is 0 Å². The fourth-order valence-electron chi connectivity index (χ4n) is 1.34. The molecule has 17 heavy (non-hydrogen) atoms. The highest BCUT2D eigenvalue weighted by molar-refractivity contribution is 9.10. The topological polar surface area (TPSA) is 35.5 Å². The van der Waals surface area contributed by atoms with Gasteiger partial charge in [0.15, 0.2) is 6.10 Å². The number of carbonyl (C=O) groups is 1. The fourth-order valence-corrected chi connectivity index (χ4v) is 1.60. The Morgan fingerprint density at radius 3 is 2.35 bits per heavy atom. The summed E-state index contributed by atoms with van der Waals surface area (Å²) in [5, 5.41) is 0. The van der Waals surface area contributed by atoms with Crippen LogP contribution in [0.25, 0.3) is 0 Å². The summed E-state index contributed by atoms with van der Waals surface area (Å²) in [5.41, 5.74) is 0. The lowest BCUT2D eigenvalue weighted by atomic mass is 10.1. The first kappa shape index (κ1) is 14.0. The van der Waals surface area contributed by atoms with Crippen LogP contribution in [0.15, 0.2) is 28.7 Å². The summed E-state index contributed by atoms with van der Waals surface area (Å²) in [5.74, 6) is 0.420. The summed E-state index contributed by atoms with van der Waals surface area (Å²) < 4.78 is 11.6. The van der Waals surface area contributed by atoms with Crippen molar-refractivity contribution in [2.24, 2.45) is 5.92 Å². The summed E-state index contributed by atoms with van der Waals surface area (Å²) in [6, 6.07) is 7.38. The van der Waals surface area contributed by atoms with Crippen molar-refractivity contribution in [3.63, 3.8) is 0 Å². The summed E-state index contributed by atoms with van der Waals surface area (Å²) >= 11 is 3.35. The standard InChI is InChI=1S/C13H17BrO3/c1-4-16-13(15)12(9(2)3)17-11-7-5-10(14)6-8-11/h5-9,12H,4H2,1-3H3. The van der Waals surface area contributed by atoms with Crippen LogP contribution in [0.2, 0.25) is 0 Å². The van der Waals surface area contributed by atoms with Crippen LogP contribution in [0.4, 0.5) is 0 Å². The Balaban J connectivity index is 2.73. The summed E-state index contributed by atoms with van der Waals surface area (Å²) in [7, 11) is 0. The van der Waals surface area contributed by atoms with Crippen LogP contribution in [0.3, 0.4) is 0 Å². The highest BCUT2D eigenvalue weighted by atomic mass is 79.9. The molecule has 1 aromatic rings. The van der Waals surface area contributed by atoms with Gasteiger partial charge in [-0.25, -0.2) is 4.79 Å². The quantitative estimate of drug-likeness (QED) is 0.782. The Bertz CT molecular complexity index is 359. The normalized spacial score (nSPS) is 12.3. The Kier molecular flexibility index (Phi) is 5.48. The number of hydrogen-bond acceptors (Lipinski definition) is 3. The molecule has 0 saturated carbocycles. The van der Waals surface area contributed by atoms with Crippen molar-refractivity contribution in [3.8, 4) is 5.75 Å². The highest BCUT2D eigenvalue weighted by Gasteiger charge is 2.25. The van der Waals surface area contributed by atoms with Crippen LogP contribution < -0.4 is 4.74 Å². The number of benzene rings is 1. The molecule has 0 aliphatic rings. The van der Waals surface area contributed by atoms with Gasteiger partial charge in [-0.15, -0.1) is 0 Å². The van der Waals surface area contributed by atoms with Crippen LogP contribution in [-0.2, 0) is 9.53 Å². The van der Waals surface area contributed by atoms with Crippen LogP contribution in [-0.4, -0.2) is 18.7 Å². The zero-order chi connectivity index (χ0) is 12.8. The molecule has 0 aromatic heterocycles.